The molecule has 0 spiro atoms. The maximum atomic E-state index is 12.9. The van der Waals surface area contributed by atoms with E-state index in [1.807, 2.05) is 49.6 Å². The van der Waals surface area contributed by atoms with Gasteiger partial charge in [-0.05, 0) is 59.1 Å². The second-order valence-corrected chi connectivity index (χ2v) is 9.19. The van der Waals surface area contributed by atoms with Crippen LogP contribution in [-0.2, 0) is 16.0 Å². The van der Waals surface area contributed by atoms with Crippen LogP contribution in [0.5, 0.6) is 0 Å². The summed E-state index contributed by atoms with van der Waals surface area (Å²) < 4.78 is 18.2. The number of hydrogen-bond donors (Lipinski definition) is 1. The number of nitrogens with one attached hydrogen (secondary N) is 1. The van der Waals surface area contributed by atoms with Crippen molar-refractivity contribution in [2.45, 2.75) is 65.3 Å². The Hall–Kier alpha value is -3.56. The van der Waals surface area contributed by atoms with Crippen LogP contribution in [0.1, 0.15) is 63.4 Å². The van der Waals surface area contributed by atoms with E-state index >= 15 is 0 Å². The van der Waals surface area contributed by atoms with E-state index in [0.29, 0.717) is 24.8 Å². The second kappa shape index (κ2) is 9.74. The normalized spacial score (nSPS) is 16.5. The van der Waals surface area contributed by atoms with E-state index in [-0.39, 0.29) is 24.8 Å². The molecule has 34 heavy (non-hydrogen) atoms. The van der Waals surface area contributed by atoms with Crippen molar-refractivity contribution in [1.82, 2.24) is 19.4 Å². The summed E-state index contributed by atoms with van der Waals surface area (Å²) in [4.78, 5) is 35.3. The molecule has 0 saturated carbocycles. The Morgan fingerprint density at radius 2 is 2.03 bits per heavy atom. The van der Waals surface area contributed by atoms with Crippen molar-refractivity contribution in [3.63, 3.8) is 0 Å². The number of likely N-dealkylation sites (tertiary alicyclic amines) is 1. The summed E-state index contributed by atoms with van der Waals surface area (Å²) in [5.41, 5.74) is 1.11. The molecule has 1 amide bonds. The number of rotatable bonds is 6. The molecular formula is C24H31N5O5. The zero-order chi connectivity index (χ0) is 24.3. The van der Waals surface area contributed by atoms with E-state index in [1.165, 1.54) is 6.20 Å². The van der Waals surface area contributed by atoms with Crippen molar-refractivity contribution in [3.8, 4) is 0 Å². The van der Waals surface area contributed by atoms with Gasteiger partial charge in [-0.1, -0.05) is 12.1 Å². The number of carbonyl (C=O) groups excluding carboxylic acids is 2. The molecule has 182 valence electrons. The number of carbonyl (C=O) groups is 2. The number of ether oxygens (including phenoxy) is 2. The van der Waals surface area contributed by atoms with Crippen molar-refractivity contribution >= 4 is 29.0 Å². The van der Waals surface area contributed by atoms with Gasteiger partial charge in [-0.2, -0.15) is 0 Å². The third-order valence-corrected chi connectivity index (χ3v) is 5.40. The average molecular weight is 470 g/mol. The summed E-state index contributed by atoms with van der Waals surface area (Å²) in [5, 5.41) is 3.45. The van der Waals surface area contributed by atoms with E-state index in [2.05, 4.69) is 10.3 Å². The fourth-order valence-electron chi connectivity index (χ4n) is 3.94. The van der Waals surface area contributed by atoms with Gasteiger partial charge in [-0.15, -0.1) is 0 Å². The van der Waals surface area contributed by atoms with E-state index in [0.717, 1.165) is 30.3 Å². The molecule has 1 aliphatic heterocycles. The molecule has 1 aliphatic rings. The predicted octanol–water partition coefficient (Wildman–Crippen LogP) is 4.41. The lowest BCUT2D eigenvalue weighted by molar-refractivity contribution is 0.0129. The van der Waals surface area contributed by atoms with Crippen molar-refractivity contribution in [1.29, 1.82) is 0 Å². The summed E-state index contributed by atoms with van der Waals surface area (Å²) in [7, 11) is 0. The van der Waals surface area contributed by atoms with Crippen LogP contribution in [0.15, 0.2) is 34.9 Å². The number of para-hydroxylation sites is 2. The number of piperidine rings is 1. The Bertz CT molecular complexity index is 1160. The van der Waals surface area contributed by atoms with Crippen LogP contribution in [0.3, 0.4) is 0 Å². The highest BCUT2D eigenvalue weighted by molar-refractivity contribution is 5.84. The largest absolute Gasteiger partial charge is 0.459 e. The molecule has 1 fully saturated rings. The van der Waals surface area contributed by atoms with Gasteiger partial charge in [0.25, 0.3) is 0 Å². The highest BCUT2D eigenvalue weighted by Gasteiger charge is 2.31. The summed E-state index contributed by atoms with van der Waals surface area (Å²) in [5.74, 6) is 0.398. The van der Waals surface area contributed by atoms with Crippen LogP contribution >= 0.6 is 0 Å². The van der Waals surface area contributed by atoms with Crippen LogP contribution < -0.4 is 5.32 Å². The molecule has 10 nitrogen and oxygen atoms in total. The fourth-order valence-corrected chi connectivity index (χ4v) is 3.94. The Balaban J connectivity index is 1.61. The first kappa shape index (κ1) is 23.6. The molecule has 1 saturated heterocycles. The predicted molar refractivity (Wildman–Crippen MR) is 125 cm³/mol. The minimum atomic E-state index is -0.599. The molecule has 1 N–H and O–H groups in total. The molecule has 1 atom stereocenters. The molecule has 10 heteroatoms. The monoisotopic (exact) mass is 469 g/mol. The van der Waals surface area contributed by atoms with E-state index in [1.54, 1.807) is 11.8 Å². The maximum Gasteiger partial charge on any atom is 0.411 e. The van der Waals surface area contributed by atoms with Gasteiger partial charge < -0.3 is 23.8 Å². The zero-order valence-electron chi connectivity index (χ0n) is 20.0. The maximum absolute atomic E-state index is 12.9. The van der Waals surface area contributed by atoms with Gasteiger partial charge in [-0.3, -0.25) is 4.90 Å². The lowest BCUT2D eigenvalue weighted by Gasteiger charge is -2.37. The zero-order valence-corrected chi connectivity index (χ0v) is 20.0. The van der Waals surface area contributed by atoms with Crippen molar-refractivity contribution < 1.29 is 23.5 Å². The van der Waals surface area contributed by atoms with E-state index in [4.69, 9.17) is 18.9 Å². The second-order valence-electron chi connectivity index (χ2n) is 9.19. The number of anilines is 1. The SMILES string of the molecule is CCOC(=O)c1ncc(Cn2c(NC3CCCCN3C(=O)OC(C)(C)C)nc3ccccc32)o1. The number of oxazole rings is 1. The minimum absolute atomic E-state index is 0.0841. The molecule has 4 rings (SSSR count). The number of fused-ring (bicyclic) bond motifs is 1. The molecule has 0 radical (unpaired) electrons. The molecule has 1 unspecified atom stereocenters. The Labute approximate surface area is 198 Å². The first-order chi connectivity index (χ1) is 16.2. The standard InChI is InChI=1S/C24H31N5O5/c1-5-32-21(30)20-25-14-16(33-20)15-29-18-11-7-6-10-17(18)26-22(29)27-19-12-8-9-13-28(19)23(31)34-24(2,3)4/h6-7,10-11,14,19H,5,8-9,12-13,15H2,1-4H3,(H,26,27). The van der Waals surface area contributed by atoms with E-state index in [9.17, 15) is 9.59 Å². The molecule has 3 aromatic rings. The summed E-state index contributed by atoms with van der Waals surface area (Å²) in [6.07, 6.45) is 3.59. The van der Waals surface area contributed by atoms with Crippen molar-refractivity contribution in [2.75, 3.05) is 18.5 Å². The molecule has 1 aromatic carbocycles. The van der Waals surface area contributed by atoms with Crippen LogP contribution in [0, 0.1) is 0 Å². The first-order valence-corrected chi connectivity index (χ1v) is 11.6. The lowest BCUT2D eigenvalue weighted by atomic mass is 10.1. The van der Waals surface area contributed by atoms with Crippen molar-refractivity contribution in [2.24, 2.45) is 0 Å². The van der Waals surface area contributed by atoms with Crippen molar-refractivity contribution in [3.05, 3.63) is 42.1 Å². The topological polar surface area (TPSA) is 112 Å². The molecule has 0 bridgehead atoms. The number of nitrogens with zero attached hydrogens (tertiary/aromatic N) is 4. The smallest absolute Gasteiger partial charge is 0.411 e. The molecular weight excluding hydrogens is 438 g/mol. The van der Waals surface area contributed by atoms with Gasteiger partial charge in [0.05, 0.1) is 30.4 Å². The number of hydrogen-bond acceptors (Lipinski definition) is 8. The molecule has 2 aromatic heterocycles. The Morgan fingerprint density at radius 3 is 2.79 bits per heavy atom. The summed E-state index contributed by atoms with van der Waals surface area (Å²) in [6, 6.07) is 7.74. The molecule has 0 aliphatic carbocycles. The number of amides is 1. The number of esters is 1. The van der Waals surface area contributed by atoms with Gasteiger partial charge in [0.2, 0.25) is 5.95 Å². The van der Waals surface area contributed by atoms with Gasteiger partial charge >= 0.3 is 18.0 Å². The van der Waals surface area contributed by atoms with Gasteiger partial charge in [0.1, 0.15) is 17.5 Å². The highest BCUT2D eigenvalue weighted by atomic mass is 16.6. The third-order valence-electron chi connectivity index (χ3n) is 5.40. The average Bonchev–Trinajstić information content (AvgIpc) is 3.39. The Kier molecular flexibility index (Phi) is 6.76. The quantitative estimate of drug-likeness (QED) is 0.529. The molecule has 3 heterocycles. The first-order valence-electron chi connectivity index (χ1n) is 11.6. The van der Waals surface area contributed by atoms with Crippen LogP contribution in [0.4, 0.5) is 10.7 Å². The fraction of sp³-hybridized carbons (Fsp3) is 0.500. The van der Waals surface area contributed by atoms with Crippen LogP contribution in [-0.4, -0.2) is 56.4 Å². The third kappa shape index (κ3) is 5.32. The number of aromatic nitrogens is 3. The Morgan fingerprint density at radius 1 is 1.24 bits per heavy atom. The van der Waals surface area contributed by atoms with Gasteiger partial charge in [0.15, 0.2) is 0 Å². The minimum Gasteiger partial charge on any atom is -0.459 e. The summed E-state index contributed by atoms with van der Waals surface area (Å²) >= 11 is 0. The van der Waals surface area contributed by atoms with Crippen LogP contribution in [0.25, 0.3) is 11.0 Å². The summed E-state index contributed by atoms with van der Waals surface area (Å²) in [6.45, 7) is 8.46. The number of imidazole rings is 1. The van der Waals surface area contributed by atoms with E-state index < -0.39 is 11.6 Å². The van der Waals surface area contributed by atoms with Gasteiger partial charge in [0, 0.05) is 6.54 Å². The highest BCUT2D eigenvalue weighted by Crippen LogP contribution is 2.26. The van der Waals surface area contributed by atoms with Crippen LogP contribution in [0.2, 0.25) is 0 Å². The lowest BCUT2D eigenvalue weighted by Crippen LogP contribution is -2.50. The number of benzene rings is 1. The van der Waals surface area contributed by atoms with Gasteiger partial charge in [-0.25, -0.2) is 19.6 Å².